The van der Waals surface area contributed by atoms with Crippen LogP contribution in [0, 0.1) is 0 Å². The van der Waals surface area contributed by atoms with Crippen molar-refractivity contribution in [3.63, 3.8) is 0 Å². The van der Waals surface area contributed by atoms with Crippen molar-refractivity contribution in [1.29, 1.82) is 0 Å². The van der Waals surface area contributed by atoms with Gasteiger partial charge in [-0.15, -0.1) is 0 Å². The van der Waals surface area contributed by atoms with Gasteiger partial charge in [0, 0.05) is 11.1 Å². The molecule has 0 aliphatic carbocycles. The Hall–Kier alpha value is -3.81. The van der Waals surface area contributed by atoms with E-state index < -0.39 is 5.91 Å². The number of ether oxygens (including phenoxy) is 2. The van der Waals surface area contributed by atoms with Crippen LogP contribution >= 0.6 is 0 Å². The van der Waals surface area contributed by atoms with Gasteiger partial charge in [0.1, 0.15) is 11.4 Å². The number of nitrogens with one attached hydrogen (secondary N) is 2. The van der Waals surface area contributed by atoms with Crippen LogP contribution in [0.5, 0.6) is 17.2 Å². The van der Waals surface area contributed by atoms with Crippen LogP contribution in [0.15, 0.2) is 53.6 Å². The number of aromatic nitrogens is 2. The molecule has 3 rings (SSSR count). The summed E-state index contributed by atoms with van der Waals surface area (Å²) in [6.07, 6.45) is 1.39. The zero-order valence-corrected chi connectivity index (χ0v) is 16.3. The van der Waals surface area contributed by atoms with Gasteiger partial charge in [0.05, 0.1) is 25.1 Å². The van der Waals surface area contributed by atoms with Gasteiger partial charge in [0.2, 0.25) is 0 Å². The number of carbonyl (C=O) groups excluding carboxylic acids is 1. The van der Waals surface area contributed by atoms with Gasteiger partial charge in [-0.2, -0.15) is 10.2 Å². The fraction of sp³-hybridized carbons (Fsp3) is 0.190. The molecular weight excluding hydrogens is 372 g/mol. The molecule has 1 amide bonds. The van der Waals surface area contributed by atoms with E-state index in [1.165, 1.54) is 12.3 Å². The van der Waals surface area contributed by atoms with Gasteiger partial charge >= 0.3 is 0 Å². The van der Waals surface area contributed by atoms with Crippen molar-refractivity contribution < 1.29 is 19.4 Å². The minimum absolute atomic E-state index is 0.0220. The largest absolute Gasteiger partial charge is 0.507 e. The first kappa shape index (κ1) is 19.9. The number of aromatic amines is 1. The standard InChI is InChI=1S/C21H22N4O4/c1-13(2)29-19-9-8-14(10-20(19)28-3)16-11-17(24-23-16)21(27)25-22-12-15-6-4-5-7-18(15)26/h4-13,26H,1-3H3,(H,23,24)(H,25,27)/b22-12+. The lowest BCUT2D eigenvalue weighted by atomic mass is 10.1. The van der Waals surface area contributed by atoms with E-state index in [1.54, 1.807) is 43.5 Å². The van der Waals surface area contributed by atoms with Gasteiger partial charge in [-0.05, 0) is 50.2 Å². The molecule has 2 aromatic carbocycles. The first-order valence-electron chi connectivity index (χ1n) is 9.00. The van der Waals surface area contributed by atoms with Crippen LogP contribution in [0.1, 0.15) is 29.9 Å². The summed E-state index contributed by atoms with van der Waals surface area (Å²) < 4.78 is 11.1. The Morgan fingerprint density at radius 2 is 2.00 bits per heavy atom. The fourth-order valence-electron chi connectivity index (χ4n) is 2.58. The fourth-order valence-corrected chi connectivity index (χ4v) is 2.58. The van der Waals surface area contributed by atoms with Gasteiger partial charge in [-0.3, -0.25) is 9.89 Å². The van der Waals surface area contributed by atoms with Gasteiger partial charge in [-0.25, -0.2) is 5.43 Å². The molecule has 150 valence electrons. The molecule has 0 aliphatic rings. The molecule has 3 aromatic rings. The summed E-state index contributed by atoms with van der Waals surface area (Å²) in [4.78, 5) is 12.3. The number of phenolic OH excluding ortho intramolecular Hbond substituents is 1. The topological polar surface area (TPSA) is 109 Å². The van der Waals surface area contributed by atoms with E-state index in [0.29, 0.717) is 22.8 Å². The van der Waals surface area contributed by atoms with E-state index in [-0.39, 0.29) is 17.5 Å². The van der Waals surface area contributed by atoms with Crippen LogP contribution in [0.3, 0.4) is 0 Å². The number of para-hydroxylation sites is 1. The Balaban J connectivity index is 1.71. The molecular formula is C21H22N4O4. The van der Waals surface area contributed by atoms with E-state index in [1.807, 2.05) is 19.9 Å². The monoisotopic (exact) mass is 394 g/mol. The Morgan fingerprint density at radius 3 is 2.72 bits per heavy atom. The lowest BCUT2D eigenvalue weighted by Gasteiger charge is -2.14. The number of hydrazone groups is 1. The maximum Gasteiger partial charge on any atom is 0.289 e. The second-order valence-corrected chi connectivity index (χ2v) is 6.46. The average Bonchev–Trinajstić information content (AvgIpc) is 3.19. The third kappa shape index (κ3) is 4.92. The van der Waals surface area contributed by atoms with Crippen LogP contribution in [0.4, 0.5) is 0 Å². The number of hydrogen-bond donors (Lipinski definition) is 3. The molecule has 0 radical (unpaired) electrons. The molecule has 0 saturated carbocycles. The molecule has 0 unspecified atom stereocenters. The summed E-state index contributed by atoms with van der Waals surface area (Å²) in [7, 11) is 1.57. The van der Waals surface area contributed by atoms with E-state index >= 15 is 0 Å². The zero-order chi connectivity index (χ0) is 20.8. The summed E-state index contributed by atoms with van der Waals surface area (Å²) in [5.41, 5.74) is 4.48. The third-order valence-corrected chi connectivity index (χ3v) is 3.95. The first-order valence-corrected chi connectivity index (χ1v) is 9.00. The van der Waals surface area contributed by atoms with Crippen molar-refractivity contribution in [3.05, 3.63) is 59.8 Å². The van der Waals surface area contributed by atoms with Crippen molar-refractivity contribution in [1.82, 2.24) is 15.6 Å². The minimum Gasteiger partial charge on any atom is -0.507 e. The molecule has 0 bridgehead atoms. The van der Waals surface area contributed by atoms with Crippen molar-refractivity contribution in [2.24, 2.45) is 5.10 Å². The molecule has 0 spiro atoms. The molecule has 0 atom stereocenters. The highest BCUT2D eigenvalue weighted by molar-refractivity contribution is 5.94. The van der Waals surface area contributed by atoms with Crippen molar-refractivity contribution in [2.45, 2.75) is 20.0 Å². The van der Waals surface area contributed by atoms with Crippen LogP contribution in [0.2, 0.25) is 0 Å². The number of phenols is 1. The second-order valence-electron chi connectivity index (χ2n) is 6.46. The lowest BCUT2D eigenvalue weighted by Crippen LogP contribution is -2.18. The van der Waals surface area contributed by atoms with Gasteiger partial charge in [-0.1, -0.05) is 12.1 Å². The number of amides is 1. The summed E-state index contributed by atoms with van der Waals surface area (Å²) >= 11 is 0. The number of rotatable bonds is 7. The molecule has 29 heavy (non-hydrogen) atoms. The number of nitrogens with zero attached hydrogens (tertiary/aromatic N) is 2. The quantitative estimate of drug-likeness (QED) is 0.421. The maximum atomic E-state index is 12.3. The van der Waals surface area contributed by atoms with E-state index in [2.05, 4.69) is 20.7 Å². The summed E-state index contributed by atoms with van der Waals surface area (Å²) in [6, 6.07) is 13.7. The molecule has 0 fully saturated rings. The van der Waals surface area contributed by atoms with Crippen LogP contribution in [-0.4, -0.2) is 40.6 Å². The highest BCUT2D eigenvalue weighted by Gasteiger charge is 2.13. The highest BCUT2D eigenvalue weighted by atomic mass is 16.5. The van der Waals surface area contributed by atoms with Crippen LogP contribution < -0.4 is 14.9 Å². The predicted molar refractivity (Wildman–Crippen MR) is 110 cm³/mol. The van der Waals surface area contributed by atoms with Crippen LogP contribution in [0.25, 0.3) is 11.3 Å². The van der Waals surface area contributed by atoms with E-state index in [4.69, 9.17) is 9.47 Å². The Labute approximate surface area is 168 Å². The maximum absolute atomic E-state index is 12.3. The number of methoxy groups -OCH3 is 1. The van der Waals surface area contributed by atoms with Crippen molar-refractivity contribution >= 4 is 12.1 Å². The number of aromatic hydroxyl groups is 1. The van der Waals surface area contributed by atoms with Crippen LogP contribution in [-0.2, 0) is 0 Å². The predicted octanol–water partition coefficient (Wildman–Crippen LogP) is 3.34. The Kier molecular flexibility index (Phi) is 6.13. The highest BCUT2D eigenvalue weighted by Crippen LogP contribution is 2.32. The number of carbonyl (C=O) groups is 1. The number of hydrogen-bond acceptors (Lipinski definition) is 6. The Morgan fingerprint density at radius 1 is 1.21 bits per heavy atom. The summed E-state index contributed by atoms with van der Waals surface area (Å²) in [5, 5.41) is 20.4. The molecule has 3 N–H and O–H groups in total. The smallest absolute Gasteiger partial charge is 0.289 e. The minimum atomic E-state index is -0.456. The number of H-pyrrole nitrogens is 1. The van der Waals surface area contributed by atoms with E-state index in [9.17, 15) is 9.90 Å². The Bertz CT molecular complexity index is 1030. The second kappa shape index (κ2) is 8.92. The van der Waals surface area contributed by atoms with Gasteiger partial charge < -0.3 is 14.6 Å². The third-order valence-electron chi connectivity index (χ3n) is 3.95. The molecule has 1 heterocycles. The van der Waals surface area contributed by atoms with Crippen molar-refractivity contribution in [3.8, 4) is 28.5 Å². The van der Waals surface area contributed by atoms with Gasteiger partial charge in [0.25, 0.3) is 5.91 Å². The number of benzene rings is 2. The molecule has 8 heteroatoms. The molecule has 8 nitrogen and oxygen atoms in total. The average molecular weight is 394 g/mol. The molecule has 0 aliphatic heterocycles. The SMILES string of the molecule is COc1cc(-c2cc(C(=O)N/N=C/c3ccccc3O)[nH]n2)ccc1OC(C)C. The zero-order valence-electron chi connectivity index (χ0n) is 16.3. The van der Waals surface area contributed by atoms with Crippen molar-refractivity contribution in [2.75, 3.05) is 7.11 Å². The molecule has 0 saturated heterocycles. The van der Waals surface area contributed by atoms with E-state index in [0.717, 1.165) is 5.56 Å². The van der Waals surface area contributed by atoms with Gasteiger partial charge in [0.15, 0.2) is 11.5 Å². The summed E-state index contributed by atoms with van der Waals surface area (Å²) in [5.74, 6) is 0.839. The first-order chi connectivity index (χ1) is 14.0. The molecule has 1 aromatic heterocycles. The normalized spacial score (nSPS) is 11.0. The summed E-state index contributed by atoms with van der Waals surface area (Å²) in [6.45, 7) is 3.88. The lowest BCUT2D eigenvalue weighted by molar-refractivity contribution is 0.0950.